The van der Waals surface area contributed by atoms with E-state index in [0.29, 0.717) is 6.42 Å². The van der Waals surface area contributed by atoms with Gasteiger partial charge < -0.3 is 10.0 Å². The van der Waals surface area contributed by atoms with Crippen molar-refractivity contribution in [2.45, 2.75) is 56.6 Å². The van der Waals surface area contributed by atoms with E-state index in [2.05, 4.69) is 0 Å². The van der Waals surface area contributed by atoms with E-state index in [1.807, 2.05) is 4.90 Å². The Balaban J connectivity index is 1.48. The molecule has 1 aromatic rings. The Morgan fingerprint density at radius 1 is 1.33 bits per heavy atom. The molecular formula is C17H22FNO2. The van der Waals surface area contributed by atoms with Gasteiger partial charge in [-0.15, -0.1) is 0 Å². The SMILES string of the molecule is O=C(CCCc1ccc(F)cc1)N1CCCC1C1(O)CC1. The first-order chi connectivity index (χ1) is 10.1. The summed E-state index contributed by atoms with van der Waals surface area (Å²) in [6.07, 6.45) is 5.65. The maximum Gasteiger partial charge on any atom is 0.222 e. The van der Waals surface area contributed by atoms with Gasteiger partial charge in [0, 0.05) is 13.0 Å². The molecule has 2 fully saturated rings. The molecule has 1 N–H and O–H groups in total. The molecule has 1 heterocycles. The molecule has 1 saturated carbocycles. The minimum absolute atomic E-state index is 0.0378. The van der Waals surface area contributed by atoms with Gasteiger partial charge in [0.2, 0.25) is 5.91 Å². The van der Waals surface area contributed by atoms with E-state index in [0.717, 1.165) is 50.6 Å². The summed E-state index contributed by atoms with van der Waals surface area (Å²) in [7, 11) is 0. The molecule has 1 aliphatic carbocycles. The smallest absolute Gasteiger partial charge is 0.222 e. The Morgan fingerprint density at radius 3 is 2.71 bits per heavy atom. The van der Waals surface area contributed by atoms with Crippen LogP contribution < -0.4 is 0 Å². The van der Waals surface area contributed by atoms with E-state index in [-0.39, 0.29) is 17.8 Å². The number of likely N-dealkylation sites (tertiary alicyclic amines) is 1. The maximum absolute atomic E-state index is 12.8. The minimum atomic E-state index is -0.594. The second-order valence-electron chi connectivity index (χ2n) is 6.33. The average Bonchev–Trinajstić information content (AvgIpc) is 3.03. The Bertz CT molecular complexity index is 510. The monoisotopic (exact) mass is 291 g/mol. The summed E-state index contributed by atoms with van der Waals surface area (Å²) in [6, 6.07) is 6.49. The first-order valence-corrected chi connectivity index (χ1v) is 7.85. The number of rotatable bonds is 5. The van der Waals surface area contributed by atoms with Crippen molar-refractivity contribution < 1.29 is 14.3 Å². The summed E-state index contributed by atoms with van der Waals surface area (Å²) in [5.41, 5.74) is 0.464. The number of hydrogen-bond acceptors (Lipinski definition) is 2. The van der Waals surface area contributed by atoms with E-state index in [4.69, 9.17) is 0 Å². The zero-order valence-electron chi connectivity index (χ0n) is 12.2. The number of carbonyl (C=O) groups excluding carboxylic acids is 1. The fourth-order valence-electron chi connectivity index (χ4n) is 3.32. The van der Waals surface area contributed by atoms with Crippen molar-refractivity contribution in [1.29, 1.82) is 0 Å². The molecule has 1 aliphatic heterocycles. The molecule has 0 spiro atoms. The molecule has 3 nitrogen and oxygen atoms in total. The van der Waals surface area contributed by atoms with Gasteiger partial charge >= 0.3 is 0 Å². The normalized spacial score (nSPS) is 23.3. The van der Waals surface area contributed by atoms with Gasteiger partial charge in [-0.2, -0.15) is 0 Å². The summed E-state index contributed by atoms with van der Waals surface area (Å²) in [5.74, 6) is -0.0765. The molecule has 0 bridgehead atoms. The Hall–Kier alpha value is -1.42. The number of amides is 1. The van der Waals surface area contributed by atoms with Gasteiger partial charge in [0.05, 0.1) is 11.6 Å². The number of aryl methyl sites for hydroxylation is 1. The van der Waals surface area contributed by atoms with Crippen LogP contribution in [-0.4, -0.2) is 34.1 Å². The molecule has 2 aliphatic rings. The molecule has 3 rings (SSSR count). The van der Waals surface area contributed by atoms with Crippen molar-refractivity contribution in [3.63, 3.8) is 0 Å². The van der Waals surface area contributed by atoms with Crippen molar-refractivity contribution in [2.24, 2.45) is 0 Å². The molecule has 21 heavy (non-hydrogen) atoms. The number of benzene rings is 1. The first kappa shape index (κ1) is 14.5. The zero-order valence-corrected chi connectivity index (χ0v) is 12.2. The van der Waals surface area contributed by atoms with Gasteiger partial charge in [-0.3, -0.25) is 4.79 Å². The van der Waals surface area contributed by atoms with E-state index < -0.39 is 5.60 Å². The maximum atomic E-state index is 12.8. The van der Waals surface area contributed by atoms with Gasteiger partial charge in [0.15, 0.2) is 0 Å². The van der Waals surface area contributed by atoms with Crippen LogP contribution in [0.25, 0.3) is 0 Å². The zero-order chi connectivity index (χ0) is 14.9. The van der Waals surface area contributed by atoms with Crippen LogP contribution in [-0.2, 0) is 11.2 Å². The molecule has 0 aromatic heterocycles. The average molecular weight is 291 g/mol. The van der Waals surface area contributed by atoms with Crippen molar-refractivity contribution >= 4 is 5.91 Å². The van der Waals surface area contributed by atoms with E-state index in [1.54, 1.807) is 12.1 Å². The molecule has 4 heteroatoms. The molecule has 1 atom stereocenters. The topological polar surface area (TPSA) is 40.5 Å². The van der Waals surface area contributed by atoms with Crippen LogP contribution in [0.2, 0.25) is 0 Å². The number of carbonyl (C=O) groups is 1. The molecule has 1 aromatic carbocycles. The standard InChI is InChI=1S/C17H22FNO2/c18-14-8-6-13(7-9-14)3-1-5-16(20)19-12-2-4-15(19)17(21)10-11-17/h6-9,15,21H,1-5,10-12H2. The quantitative estimate of drug-likeness (QED) is 0.906. The van der Waals surface area contributed by atoms with Gasteiger partial charge in [-0.25, -0.2) is 4.39 Å². The predicted octanol–water partition coefficient (Wildman–Crippen LogP) is 2.66. The molecular weight excluding hydrogens is 269 g/mol. The van der Waals surface area contributed by atoms with Crippen LogP contribution in [0.5, 0.6) is 0 Å². The van der Waals surface area contributed by atoms with Crippen LogP contribution in [0.15, 0.2) is 24.3 Å². The largest absolute Gasteiger partial charge is 0.388 e. The summed E-state index contributed by atoms with van der Waals surface area (Å²) in [5, 5.41) is 10.2. The number of aliphatic hydroxyl groups is 1. The Kier molecular flexibility index (Phi) is 3.98. The third-order valence-corrected chi connectivity index (χ3v) is 4.73. The van der Waals surface area contributed by atoms with E-state index in [1.165, 1.54) is 12.1 Å². The number of hydrogen-bond donors (Lipinski definition) is 1. The molecule has 114 valence electrons. The highest BCUT2D eigenvalue weighted by molar-refractivity contribution is 5.77. The van der Waals surface area contributed by atoms with Gasteiger partial charge in [0.1, 0.15) is 5.82 Å². The highest BCUT2D eigenvalue weighted by Gasteiger charge is 2.52. The summed E-state index contributed by atoms with van der Waals surface area (Å²) in [6.45, 7) is 0.780. The van der Waals surface area contributed by atoms with Crippen LogP contribution in [0.4, 0.5) is 4.39 Å². The van der Waals surface area contributed by atoms with Crippen LogP contribution in [0, 0.1) is 5.82 Å². The summed E-state index contributed by atoms with van der Waals surface area (Å²) >= 11 is 0. The molecule has 1 amide bonds. The lowest BCUT2D eigenvalue weighted by atomic mass is 10.1. The van der Waals surface area contributed by atoms with E-state index >= 15 is 0 Å². The van der Waals surface area contributed by atoms with Crippen molar-refractivity contribution in [2.75, 3.05) is 6.54 Å². The molecule has 1 unspecified atom stereocenters. The lowest BCUT2D eigenvalue weighted by molar-refractivity contribution is -0.134. The van der Waals surface area contributed by atoms with Gasteiger partial charge in [0.25, 0.3) is 0 Å². The van der Waals surface area contributed by atoms with Crippen LogP contribution >= 0.6 is 0 Å². The highest BCUT2D eigenvalue weighted by Crippen LogP contribution is 2.44. The molecule has 1 saturated heterocycles. The second-order valence-corrected chi connectivity index (χ2v) is 6.33. The fourth-order valence-corrected chi connectivity index (χ4v) is 3.32. The lowest BCUT2D eigenvalue weighted by Gasteiger charge is -2.28. The number of nitrogens with zero attached hydrogens (tertiary/aromatic N) is 1. The third-order valence-electron chi connectivity index (χ3n) is 4.73. The molecule has 0 radical (unpaired) electrons. The third kappa shape index (κ3) is 3.26. The predicted molar refractivity (Wildman–Crippen MR) is 78.3 cm³/mol. The van der Waals surface area contributed by atoms with Crippen molar-refractivity contribution in [3.8, 4) is 0 Å². The van der Waals surface area contributed by atoms with Crippen molar-refractivity contribution in [3.05, 3.63) is 35.6 Å². The van der Waals surface area contributed by atoms with Gasteiger partial charge in [-0.1, -0.05) is 12.1 Å². The number of halogens is 1. The first-order valence-electron chi connectivity index (χ1n) is 7.85. The Morgan fingerprint density at radius 2 is 2.05 bits per heavy atom. The van der Waals surface area contributed by atoms with Crippen molar-refractivity contribution in [1.82, 2.24) is 4.90 Å². The minimum Gasteiger partial charge on any atom is -0.388 e. The Labute approximate surface area is 124 Å². The summed E-state index contributed by atoms with van der Waals surface area (Å²) in [4.78, 5) is 14.2. The second kappa shape index (κ2) is 5.76. The highest BCUT2D eigenvalue weighted by atomic mass is 19.1. The summed E-state index contributed by atoms with van der Waals surface area (Å²) < 4.78 is 12.8. The fraction of sp³-hybridized carbons (Fsp3) is 0.588. The van der Waals surface area contributed by atoms with Gasteiger partial charge in [-0.05, 0) is 56.2 Å². The van der Waals surface area contributed by atoms with E-state index in [9.17, 15) is 14.3 Å². The van der Waals surface area contributed by atoms with Crippen LogP contribution in [0.1, 0.15) is 44.1 Å². The van der Waals surface area contributed by atoms with Crippen LogP contribution in [0.3, 0.4) is 0 Å². The lowest BCUT2D eigenvalue weighted by Crippen LogP contribution is -2.44.